The minimum absolute atomic E-state index is 0.498. The number of hydrogen-bond donors (Lipinski definition) is 2. The fourth-order valence-electron chi connectivity index (χ4n) is 1.89. The van der Waals surface area contributed by atoms with E-state index in [0.29, 0.717) is 5.92 Å². The average molecular weight is 307 g/mol. The molecule has 0 fully saturated rings. The van der Waals surface area contributed by atoms with Gasteiger partial charge >= 0.3 is 0 Å². The Balaban J connectivity index is 1.78. The third-order valence-corrected chi connectivity index (χ3v) is 5.16. The number of nitrogens with one attached hydrogen (secondary N) is 2. The van der Waals surface area contributed by atoms with Gasteiger partial charge in [0.2, 0.25) is 0 Å². The third-order valence-electron chi connectivity index (χ3n) is 3.05. The molecule has 0 radical (unpaired) electrons. The zero-order valence-electron chi connectivity index (χ0n) is 12.1. The lowest BCUT2D eigenvalue weighted by molar-refractivity contribution is 0.709. The van der Waals surface area contributed by atoms with Crippen LogP contribution in [-0.4, -0.2) is 19.6 Å². The summed E-state index contributed by atoms with van der Waals surface area (Å²) >= 11 is 3.62. The molecule has 5 heteroatoms. The molecule has 3 nitrogen and oxygen atoms in total. The molecule has 2 N–H and O–H groups in total. The van der Waals surface area contributed by atoms with Crippen molar-refractivity contribution < 1.29 is 0 Å². The fraction of sp³-hybridized carbons (Fsp3) is 0.400. The van der Waals surface area contributed by atoms with Crippen molar-refractivity contribution in [1.82, 2.24) is 10.6 Å². The number of aliphatic imine (C=N–C) groups is 1. The number of hydrogen-bond acceptors (Lipinski definition) is 3. The Hall–Kier alpha value is -1.33. The summed E-state index contributed by atoms with van der Waals surface area (Å²) in [5.41, 5.74) is 0. The van der Waals surface area contributed by atoms with E-state index in [2.05, 4.69) is 59.1 Å². The van der Waals surface area contributed by atoms with Gasteiger partial charge in [0.25, 0.3) is 0 Å². The van der Waals surface area contributed by atoms with Crippen molar-refractivity contribution in [2.24, 2.45) is 4.99 Å². The van der Waals surface area contributed by atoms with Crippen molar-refractivity contribution in [3.05, 3.63) is 44.3 Å². The van der Waals surface area contributed by atoms with Gasteiger partial charge in [-0.15, -0.1) is 22.7 Å². The van der Waals surface area contributed by atoms with Crippen LogP contribution in [0.25, 0.3) is 0 Å². The fourth-order valence-corrected chi connectivity index (χ4v) is 3.51. The number of rotatable bonds is 5. The topological polar surface area (TPSA) is 36.4 Å². The second-order valence-electron chi connectivity index (χ2n) is 4.74. The zero-order valence-corrected chi connectivity index (χ0v) is 13.8. The van der Waals surface area contributed by atoms with Gasteiger partial charge in [-0.05, 0) is 30.5 Å². The van der Waals surface area contributed by atoms with Gasteiger partial charge in [0.15, 0.2) is 5.96 Å². The molecule has 2 aromatic rings. The van der Waals surface area contributed by atoms with E-state index >= 15 is 0 Å². The maximum Gasteiger partial charge on any atom is 0.191 e. The number of guanidine groups is 1. The lowest BCUT2D eigenvalue weighted by Gasteiger charge is -2.14. The molecular formula is C15H21N3S2. The van der Waals surface area contributed by atoms with E-state index in [-0.39, 0.29) is 0 Å². The van der Waals surface area contributed by atoms with Crippen molar-refractivity contribution in [1.29, 1.82) is 0 Å². The Kier molecular flexibility index (Phi) is 5.61. The van der Waals surface area contributed by atoms with Crippen LogP contribution in [0.2, 0.25) is 0 Å². The number of thiophene rings is 2. The molecule has 1 atom stereocenters. The molecular weight excluding hydrogens is 286 g/mol. The third kappa shape index (κ3) is 4.35. The molecule has 0 aliphatic heterocycles. The lowest BCUT2D eigenvalue weighted by atomic mass is 10.1. The van der Waals surface area contributed by atoms with Crippen LogP contribution < -0.4 is 10.6 Å². The predicted octanol–water partition coefficient (Wildman–Crippen LogP) is 3.59. The SMILES string of the molecule is CN=C(NCc1ccc(C)s1)NCC(C)c1cccs1. The van der Waals surface area contributed by atoms with Crippen molar-refractivity contribution in [3.8, 4) is 0 Å². The standard InChI is InChI=1S/C15H21N3S2/c1-11(14-5-4-8-19-14)9-17-15(16-3)18-10-13-7-6-12(2)20-13/h4-8,11H,9-10H2,1-3H3,(H2,16,17,18). The first kappa shape index (κ1) is 15.1. The summed E-state index contributed by atoms with van der Waals surface area (Å²) in [4.78, 5) is 8.34. The van der Waals surface area contributed by atoms with Crippen molar-refractivity contribution in [3.63, 3.8) is 0 Å². The van der Waals surface area contributed by atoms with Crippen molar-refractivity contribution >= 4 is 28.6 Å². The Morgan fingerprint density at radius 3 is 2.75 bits per heavy atom. The Morgan fingerprint density at radius 2 is 2.15 bits per heavy atom. The normalized spacial score (nSPS) is 13.2. The first-order valence-corrected chi connectivity index (χ1v) is 8.42. The highest BCUT2D eigenvalue weighted by atomic mass is 32.1. The maximum absolute atomic E-state index is 4.27. The van der Waals surface area contributed by atoms with Gasteiger partial charge in [-0.1, -0.05) is 13.0 Å². The van der Waals surface area contributed by atoms with Crippen LogP contribution in [0.1, 0.15) is 27.5 Å². The quantitative estimate of drug-likeness (QED) is 0.654. The van der Waals surface area contributed by atoms with Gasteiger partial charge in [0.05, 0.1) is 6.54 Å². The van der Waals surface area contributed by atoms with Crippen molar-refractivity contribution in [2.75, 3.05) is 13.6 Å². The molecule has 0 spiro atoms. The van der Waals surface area contributed by atoms with E-state index in [9.17, 15) is 0 Å². The summed E-state index contributed by atoms with van der Waals surface area (Å²) in [6, 6.07) is 8.59. The second-order valence-corrected chi connectivity index (χ2v) is 7.09. The summed E-state index contributed by atoms with van der Waals surface area (Å²) < 4.78 is 0. The Bertz CT molecular complexity index is 543. The van der Waals surface area contributed by atoms with E-state index < -0.39 is 0 Å². The van der Waals surface area contributed by atoms with E-state index in [1.54, 1.807) is 11.3 Å². The monoisotopic (exact) mass is 307 g/mol. The van der Waals surface area contributed by atoms with Crippen LogP contribution in [-0.2, 0) is 6.54 Å². The summed E-state index contributed by atoms with van der Waals surface area (Å²) in [6.07, 6.45) is 0. The molecule has 0 amide bonds. The Labute approximate surface area is 128 Å². The highest BCUT2D eigenvalue weighted by Gasteiger charge is 2.07. The highest BCUT2D eigenvalue weighted by Crippen LogP contribution is 2.19. The van der Waals surface area contributed by atoms with Gasteiger partial charge in [0.1, 0.15) is 0 Å². The molecule has 2 aromatic heterocycles. The van der Waals surface area contributed by atoms with E-state index in [0.717, 1.165) is 19.0 Å². The van der Waals surface area contributed by atoms with Gasteiger partial charge < -0.3 is 10.6 Å². The molecule has 0 saturated heterocycles. The molecule has 0 aliphatic carbocycles. The first-order valence-electron chi connectivity index (χ1n) is 6.72. The van der Waals surface area contributed by atoms with Gasteiger partial charge in [-0.2, -0.15) is 0 Å². The van der Waals surface area contributed by atoms with Gasteiger partial charge in [-0.3, -0.25) is 4.99 Å². The Morgan fingerprint density at radius 1 is 1.30 bits per heavy atom. The number of nitrogens with zero attached hydrogens (tertiary/aromatic N) is 1. The van der Waals surface area contributed by atoms with E-state index in [1.807, 2.05) is 18.4 Å². The largest absolute Gasteiger partial charge is 0.356 e. The van der Waals surface area contributed by atoms with Crippen LogP contribution in [0.5, 0.6) is 0 Å². The molecule has 1 unspecified atom stereocenters. The summed E-state index contributed by atoms with van der Waals surface area (Å²) in [5, 5.41) is 8.86. The predicted molar refractivity (Wildman–Crippen MR) is 90.0 cm³/mol. The minimum Gasteiger partial charge on any atom is -0.356 e. The molecule has 108 valence electrons. The summed E-state index contributed by atoms with van der Waals surface area (Å²) in [6.45, 7) is 6.08. The lowest BCUT2D eigenvalue weighted by Crippen LogP contribution is -2.38. The second kappa shape index (κ2) is 7.45. The minimum atomic E-state index is 0.498. The van der Waals surface area contributed by atoms with E-state index in [1.165, 1.54) is 14.6 Å². The molecule has 0 aliphatic rings. The smallest absolute Gasteiger partial charge is 0.191 e. The molecule has 0 bridgehead atoms. The van der Waals surface area contributed by atoms with Crippen LogP contribution in [0.3, 0.4) is 0 Å². The molecule has 0 saturated carbocycles. The summed E-state index contributed by atoms with van der Waals surface area (Å²) in [7, 11) is 1.81. The van der Waals surface area contributed by atoms with Crippen molar-refractivity contribution in [2.45, 2.75) is 26.3 Å². The summed E-state index contributed by atoms with van der Waals surface area (Å²) in [5.74, 6) is 1.36. The molecule has 0 aromatic carbocycles. The van der Waals surface area contributed by atoms with Gasteiger partial charge in [0, 0.05) is 34.1 Å². The number of aryl methyl sites for hydroxylation is 1. The van der Waals surface area contributed by atoms with Crippen LogP contribution in [0, 0.1) is 6.92 Å². The average Bonchev–Trinajstić information content (AvgIpc) is 3.10. The van der Waals surface area contributed by atoms with Crippen LogP contribution in [0.15, 0.2) is 34.6 Å². The molecule has 2 rings (SSSR count). The van der Waals surface area contributed by atoms with Crippen LogP contribution >= 0.6 is 22.7 Å². The van der Waals surface area contributed by atoms with Gasteiger partial charge in [-0.25, -0.2) is 0 Å². The molecule has 2 heterocycles. The van der Waals surface area contributed by atoms with E-state index in [4.69, 9.17) is 0 Å². The maximum atomic E-state index is 4.27. The first-order chi connectivity index (χ1) is 9.69. The highest BCUT2D eigenvalue weighted by molar-refractivity contribution is 7.11. The molecule has 20 heavy (non-hydrogen) atoms. The van der Waals surface area contributed by atoms with Crippen LogP contribution in [0.4, 0.5) is 0 Å². The zero-order chi connectivity index (χ0) is 14.4.